The summed E-state index contributed by atoms with van der Waals surface area (Å²) in [6.45, 7) is 0.613. The molecule has 0 unspecified atom stereocenters. The fraction of sp³-hybridized carbons (Fsp3) is 0.167. The molecule has 23 heavy (non-hydrogen) atoms. The van der Waals surface area contributed by atoms with Crippen LogP contribution in [0.4, 0.5) is 0 Å². The van der Waals surface area contributed by atoms with Gasteiger partial charge in [-0.05, 0) is 16.7 Å². The summed E-state index contributed by atoms with van der Waals surface area (Å²) in [4.78, 5) is 11.3. The number of rotatable bonds is 7. The van der Waals surface area contributed by atoms with Crippen molar-refractivity contribution in [2.24, 2.45) is 5.73 Å². The largest absolute Gasteiger partial charge is 0.328 e. The van der Waals surface area contributed by atoms with E-state index in [1.54, 1.807) is 5.48 Å². The van der Waals surface area contributed by atoms with Gasteiger partial charge >= 0.3 is 0 Å². The molecule has 5 nitrogen and oxygen atoms in total. The van der Waals surface area contributed by atoms with Gasteiger partial charge in [-0.15, -0.1) is 0 Å². The van der Waals surface area contributed by atoms with E-state index in [4.69, 9.17) is 10.9 Å². The summed E-state index contributed by atoms with van der Waals surface area (Å²) in [7, 11) is 0. The Balaban J connectivity index is 1.92. The number of nitrogens with two attached hydrogens (primary N) is 1. The van der Waals surface area contributed by atoms with Crippen LogP contribution in [0.15, 0.2) is 54.6 Å². The van der Waals surface area contributed by atoms with Gasteiger partial charge in [0.2, 0.25) is 0 Å². The molecule has 0 bridgehead atoms. The Hall–Kier alpha value is -2.47. The summed E-state index contributed by atoms with van der Waals surface area (Å²) < 4.78 is 0. The third kappa shape index (κ3) is 5.34. The number of hydroxylamine groups is 1. The first kappa shape index (κ1) is 16.9. The lowest BCUT2D eigenvalue weighted by Crippen LogP contribution is -2.47. The minimum atomic E-state index is -0.613. The van der Waals surface area contributed by atoms with Crippen molar-refractivity contribution in [2.75, 3.05) is 6.54 Å². The van der Waals surface area contributed by atoms with Gasteiger partial charge in [0.25, 0.3) is 5.91 Å². The van der Waals surface area contributed by atoms with Crippen LogP contribution < -0.4 is 16.5 Å². The van der Waals surface area contributed by atoms with E-state index in [1.165, 1.54) is 0 Å². The maximum Gasteiger partial charge on any atom is 0.261 e. The second-order valence-corrected chi connectivity index (χ2v) is 5.13. The predicted octanol–water partition coefficient (Wildman–Crippen LogP) is 1.78. The second-order valence-electron chi connectivity index (χ2n) is 5.13. The Labute approximate surface area is 135 Å². The van der Waals surface area contributed by atoms with Gasteiger partial charge in [0.05, 0.1) is 0 Å². The van der Waals surface area contributed by atoms with E-state index in [0.717, 1.165) is 16.7 Å². The Kier molecular flexibility index (Phi) is 6.50. The molecule has 0 fully saturated rings. The zero-order valence-corrected chi connectivity index (χ0v) is 12.8. The van der Waals surface area contributed by atoms with Crippen molar-refractivity contribution in [1.29, 1.82) is 0 Å². The van der Waals surface area contributed by atoms with Crippen LogP contribution >= 0.6 is 0 Å². The first-order valence-electron chi connectivity index (χ1n) is 7.42. The highest BCUT2D eigenvalue weighted by Crippen LogP contribution is 2.10. The SMILES string of the molecule is NC[C@H](NCc1ccc(/C=C/c2ccccc2)cc1)C(=O)NO. The highest BCUT2D eigenvalue weighted by atomic mass is 16.5. The number of hydrogen-bond donors (Lipinski definition) is 4. The van der Waals surface area contributed by atoms with E-state index in [9.17, 15) is 4.79 Å². The Morgan fingerprint density at radius 1 is 1.04 bits per heavy atom. The molecular formula is C18H21N3O2. The quantitative estimate of drug-likeness (QED) is 0.357. The van der Waals surface area contributed by atoms with Gasteiger partial charge in [0.1, 0.15) is 6.04 Å². The van der Waals surface area contributed by atoms with Crippen LogP contribution in [-0.2, 0) is 11.3 Å². The number of carbonyl (C=O) groups is 1. The first-order chi connectivity index (χ1) is 11.2. The molecule has 2 aromatic carbocycles. The summed E-state index contributed by atoms with van der Waals surface area (Å²) in [6.07, 6.45) is 4.11. The molecular weight excluding hydrogens is 290 g/mol. The van der Waals surface area contributed by atoms with Crippen LogP contribution in [0.3, 0.4) is 0 Å². The van der Waals surface area contributed by atoms with Gasteiger partial charge in [0.15, 0.2) is 0 Å². The minimum Gasteiger partial charge on any atom is -0.328 e. The van der Waals surface area contributed by atoms with Crippen LogP contribution in [0.1, 0.15) is 16.7 Å². The molecule has 2 rings (SSSR count). The van der Waals surface area contributed by atoms with Crippen molar-refractivity contribution in [3.63, 3.8) is 0 Å². The Morgan fingerprint density at radius 2 is 1.65 bits per heavy atom. The number of carbonyl (C=O) groups excluding carboxylic acids is 1. The molecule has 0 saturated carbocycles. The number of amides is 1. The zero-order valence-electron chi connectivity index (χ0n) is 12.8. The fourth-order valence-corrected chi connectivity index (χ4v) is 2.11. The smallest absolute Gasteiger partial charge is 0.261 e. The van der Waals surface area contributed by atoms with Crippen molar-refractivity contribution in [1.82, 2.24) is 10.8 Å². The highest BCUT2D eigenvalue weighted by molar-refractivity contribution is 5.80. The van der Waals surface area contributed by atoms with Crippen LogP contribution in [0, 0.1) is 0 Å². The average Bonchev–Trinajstić information content (AvgIpc) is 2.62. The molecule has 1 atom stereocenters. The molecule has 120 valence electrons. The molecule has 0 aromatic heterocycles. The fourth-order valence-electron chi connectivity index (χ4n) is 2.11. The zero-order chi connectivity index (χ0) is 16.5. The Bertz CT molecular complexity index is 639. The second kappa shape index (κ2) is 8.85. The molecule has 0 spiro atoms. The lowest BCUT2D eigenvalue weighted by Gasteiger charge is -2.14. The van der Waals surface area contributed by atoms with Gasteiger partial charge in [0, 0.05) is 13.1 Å². The van der Waals surface area contributed by atoms with Crippen LogP contribution in [-0.4, -0.2) is 23.7 Å². The van der Waals surface area contributed by atoms with Gasteiger partial charge in [-0.25, -0.2) is 5.48 Å². The van der Waals surface area contributed by atoms with Gasteiger partial charge in [-0.3, -0.25) is 10.0 Å². The van der Waals surface area contributed by atoms with Crippen molar-refractivity contribution in [2.45, 2.75) is 12.6 Å². The van der Waals surface area contributed by atoms with E-state index in [1.807, 2.05) is 54.6 Å². The minimum absolute atomic E-state index is 0.115. The predicted molar refractivity (Wildman–Crippen MR) is 91.4 cm³/mol. The summed E-state index contributed by atoms with van der Waals surface area (Å²) >= 11 is 0. The maximum atomic E-state index is 11.3. The van der Waals surface area contributed by atoms with Crippen molar-refractivity contribution in [3.05, 3.63) is 71.3 Å². The normalized spacial score (nSPS) is 12.3. The van der Waals surface area contributed by atoms with E-state index in [-0.39, 0.29) is 6.54 Å². The number of benzene rings is 2. The maximum absolute atomic E-state index is 11.3. The van der Waals surface area contributed by atoms with Gasteiger partial charge < -0.3 is 11.1 Å². The van der Waals surface area contributed by atoms with Crippen molar-refractivity contribution < 1.29 is 10.0 Å². The third-order valence-electron chi connectivity index (χ3n) is 3.46. The highest BCUT2D eigenvalue weighted by Gasteiger charge is 2.14. The molecule has 0 radical (unpaired) electrons. The molecule has 0 aliphatic rings. The lowest BCUT2D eigenvalue weighted by atomic mass is 10.1. The standard InChI is InChI=1S/C18H21N3O2/c19-12-17(18(22)21-23)20-13-16-10-8-15(9-11-16)7-6-14-4-2-1-3-5-14/h1-11,17,20,23H,12-13,19H2,(H,21,22)/b7-6+/t17-/m0/s1. The topological polar surface area (TPSA) is 87.4 Å². The molecule has 2 aromatic rings. The molecule has 0 saturated heterocycles. The van der Waals surface area contributed by atoms with Crippen LogP contribution in [0.2, 0.25) is 0 Å². The molecule has 5 heteroatoms. The lowest BCUT2D eigenvalue weighted by molar-refractivity contribution is -0.131. The molecule has 1 amide bonds. The monoisotopic (exact) mass is 311 g/mol. The summed E-state index contributed by atoms with van der Waals surface area (Å²) in [5.41, 5.74) is 10.4. The van der Waals surface area contributed by atoms with Gasteiger partial charge in [-0.2, -0.15) is 0 Å². The van der Waals surface area contributed by atoms with E-state index in [2.05, 4.69) is 17.5 Å². The molecule has 0 heterocycles. The van der Waals surface area contributed by atoms with Crippen LogP contribution in [0.25, 0.3) is 12.2 Å². The third-order valence-corrected chi connectivity index (χ3v) is 3.46. The molecule has 0 aliphatic carbocycles. The summed E-state index contributed by atoms with van der Waals surface area (Å²) in [5, 5.41) is 11.6. The average molecular weight is 311 g/mol. The summed E-state index contributed by atoms with van der Waals surface area (Å²) in [6, 6.07) is 17.5. The number of nitrogens with one attached hydrogen (secondary N) is 2. The van der Waals surface area contributed by atoms with E-state index in [0.29, 0.717) is 6.54 Å². The number of hydrogen-bond acceptors (Lipinski definition) is 4. The van der Waals surface area contributed by atoms with Crippen molar-refractivity contribution >= 4 is 18.1 Å². The molecule has 5 N–H and O–H groups in total. The van der Waals surface area contributed by atoms with E-state index < -0.39 is 11.9 Å². The first-order valence-corrected chi connectivity index (χ1v) is 7.42. The van der Waals surface area contributed by atoms with Gasteiger partial charge in [-0.1, -0.05) is 66.7 Å². The Morgan fingerprint density at radius 3 is 2.22 bits per heavy atom. The van der Waals surface area contributed by atoms with E-state index >= 15 is 0 Å². The van der Waals surface area contributed by atoms with Crippen LogP contribution in [0.5, 0.6) is 0 Å². The van der Waals surface area contributed by atoms with Crippen molar-refractivity contribution in [3.8, 4) is 0 Å². The summed E-state index contributed by atoms with van der Waals surface area (Å²) in [5.74, 6) is -0.532. The molecule has 0 aliphatic heterocycles.